The largest absolute Gasteiger partial charge is 0.493 e. The number of fused-ring (bicyclic) bond motifs is 1. The lowest BCUT2D eigenvalue weighted by molar-refractivity contribution is 0.0734. The van der Waals surface area contributed by atoms with Crippen molar-refractivity contribution in [1.82, 2.24) is 0 Å². The summed E-state index contributed by atoms with van der Waals surface area (Å²) < 4.78 is 28.5. The molecule has 0 radical (unpaired) electrons. The number of esters is 1. The lowest BCUT2D eigenvalue weighted by Crippen LogP contribution is -2.21. The molecule has 0 saturated carbocycles. The van der Waals surface area contributed by atoms with Gasteiger partial charge < -0.3 is 29.4 Å². The van der Waals surface area contributed by atoms with Crippen LogP contribution < -0.4 is 29.4 Å². The zero-order valence-electron chi connectivity index (χ0n) is 23.5. The number of nitrogens with two attached hydrogens (primary N) is 1. The van der Waals surface area contributed by atoms with Gasteiger partial charge in [-0.15, -0.1) is 0 Å². The second-order valence-electron chi connectivity index (χ2n) is 9.57. The second-order valence-corrected chi connectivity index (χ2v) is 10.4. The van der Waals surface area contributed by atoms with E-state index < -0.39 is 11.9 Å². The third-order valence-corrected chi connectivity index (χ3v) is 7.37. The van der Waals surface area contributed by atoms with Crippen molar-refractivity contribution in [1.29, 1.82) is 5.26 Å². The summed E-state index contributed by atoms with van der Waals surface area (Å²) in [5.74, 6) is 0.930. The number of ether oxygens (including phenoxy) is 5. The molecule has 10 heteroatoms. The summed E-state index contributed by atoms with van der Waals surface area (Å²) in [4.78, 5) is 12.8. The van der Waals surface area contributed by atoms with Gasteiger partial charge in [0.1, 0.15) is 42.1 Å². The van der Waals surface area contributed by atoms with Gasteiger partial charge in [-0.25, -0.2) is 4.79 Å². The molecule has 0 aromatic heterocycles. The van der Waals surface area contributed by atoms with Gasteiger partial charge >= 0.3 is 5.97 Å². The van der Waals surface area contributed by atoms with Gasteiger partial charge in [0.15, 0.2) is 11.5 Å². The normalized spacial score (nSPS) is 13.6. The predicted molar refractivity (Wildman–Crippen MR) is 167 cm³/mol. The van der Waals surface area contributed by atoms with Crippen LogP contribution in [-0.2, 0) is 6.61 Å². The van der Waals surface area contributed by atoms with E-state index in [1.54, 1.807) is 78.9 Å². The average Bonchev–Trinajstić information content (AvgIpc) is 3.02. The number of benzene rings is 4. The molecule has 1 heterocycles. The van der Waals surface area contributed by atoms with Crippen LogP contribution in [0.2, 0.25) is 10.0 Å². The fourth-order valence-corrected chi connectivity index (χ4v) is 5.09. The monoisotopic (exact) mass is 628 g/mol. The van der Waals surface area contributed by atoms with E-state index in [0.29, 0.717) is 56.3 Å². The van der Waals surface area contributed by atoms with Crippen molar-refractivity contribution in [2.24, 2.45) is 5.73 Å². The summed E-state index contributed by atoms with van der Waals surface area (Å²) >= 11 is 12.3. The number of nitrogens with zero attached hydrogens (tertiary/aromatic N) is 1. The number of hydrogen-bond acceptors (Lipinski definition) is 8. The summed E-state index contributed by atoms with van der Waals surface area (Å²) in [6.07, 6.45) is 1.63. The molecule has 0 spiro atoms. The first-order valence-electron chi connectivity index (χ1n) is 13.3. The molecule has 222 valence electrons. The summed E-state index contributed by atoms with van der Waals surface area (Å²) in [5, 5.41) is 11.0. The molecular weight excluding hydrogens is 603 g/mol. The van der Waals surface area contributed by atoms with E-state index in [0.717, 1.165) is 5.56 Å². The minimum atomic E-state index is -0.578. The van der Waals surface area contributed by atoms with Crippen molar-refractivity contribution >= 4 is 29.2 Å². The number of hydrogen-bond donors (Lipinski definition) is 1. The molecule has 44 heavy (non-hydrogen) atoms. The lowest BCUT2D eigenvalue weighted by atomic mass is 9.83. The number of carbonyl (C=O) groups is 1. The molecule has 1 atom stereocenters. The molecule has 1 aliphatic heterocycles. The van der Waals surface area contributed by atoms with Crippen molar-refractivity contribution in [2.45, 2.75) is 12.5 Å². The second kappa shape index (κ2) is 13.5. The Morgan fingerprint density at radius 3 is 2.48 bits per heavy atom. The minimum Gasteiger partial charge on any atom is -0.493 e. The van der Waals surface area contributed by atoms with E-state index in [1.807, 2.05) is 6.07 Å². The van der Waals surface area contributed by atoms with E-state index in [4.69, 9.17) is 52.6 Å². The van der Waals surface area contributed by atoms with Gasteiger partial charge in [-0.1, -0.05) is 54.1 Å². The smallest absolute Gasteiger partial charge is 0.343 e. The van der Waals surface area contributed by atoms with Crippen molar-refractivity contribution in [3.8, 4) is 34.8 Å². The topological polar surface area (TPSA) is 113 Å². The molecule has 0 bridgehead atoms. The fraction of sp³-hybridized carbons (Fsp3) is 0.118. The molecule has 1 unspecified atom stereocenters. The fourth-order valence-electron chi connectivity index (χ4n) is 4.63. The highest BCUT2D eigenvalue weighted by Crippen LogP contribution is 2.45. The van der Waals surface area contributed by atoms with Crippen molar-refractivity contribution in [2.75, 3.05) is 13.7 Å². The SMILES string of the molecule is C=CCOc1ccc(C(=O)Oc2ccc3c(c2)OC(N)=C(C#N)C3c2ccc(OCc3ccc(Cl)cc3Cl)c(OC)c2)cc1. The first kappa shape index (κ1) is 30.4. The highest BCUT2D eigenvalue weighted by Gasteiger charge is 2.32. The number of carbonyl (C=O) groups excluding carboxylic acids is 1. The van der Waals surface area contributed by atoms with Crippen LogP contribution in [0, 0.1) is 11.3 Å². The van der Waals surface area contributed by atoms with Gasteiger partial charge in [0.25, 0.3) is 0 Å². The molecule has 0 amide bonds. The maximum Gasteiger partial charge on any atom is 0.343 e. The molecule has 8 nitrogen and oxygen atoms in total. The molecule has 0 aliphatic carbocycles. The molecule has 4 aromatic carbocycles. The van der Waals surface area contributed by atoms with E-state index in [2.05, 4.69) is 12.6 Å². The summed E-state index contributed by atoms with van der Waals surface area (Å²) in [6.45, 7) is 4.16. The van der Waals surface area contributed by atoms with Crippen LogP contribution in [0.3, 0.4) is 0 Å². The van der Waals surface area contributed by atoms with E-state index >= 15 is 0 Å². The molecule has 2 N–H and O–H groups in total. The van der Waals surface area contributed by atoms with Crippen LogP contribution in [0.5, 0.6) is 28.7 Å². The van der Waals surface area contributed by atoms with Gasteiger partial charge in [-0.3, -0.25) is 0 Å². The molecule has 4 aromatic rings. The quantitative estimate of drug-likeness (QED) is 0.109. The van der Waals surface area contributed by atoms with Gasteiger partial charge in [-0.2, -0.15) is 5.26 Å². The van der Waals surface area contributed by atoms with E-state index in [9.17, 15) is 10.1 Å². The Labute approximate surface area is 264 Å². The molecule has 5 rings (SSSR count). The standard InChI is InChI=1S/C34H26Cl2N2O6/c1-3-14-41-24-9-5-20(6-10-24)34(39)43-25-11-12-26-30(17-25)44-33(38)27(18-37)32(26)21-7-13-29(31(15-21)40-2)42-19-22-4-8-23(35)16-28(22)36/h3-13,15-17,32H,1,14,19,38H2,2H3. The summed E-state index contributed by atoms with van der Waals surface area (Å²) in [6, 6.07) is 24.2. The number of halogens is 2. The van der Waals surface area contributed by atoms with Crippen LogP contribution in [0.15, 0.2) is 103 Å². The minimum absolute atomic E-state index is 0.0553. The molecule has 1 aliphatic rings. The van der Waals surface area contributed by atoms with Gasteiger partial charge in [-0.05, 0) is 60.2 Å². The highest BCUT2D eigenvalue weighted by molar-refractivity contribution is 6.35. The predicted octanol–water partition coefficient (Wildman–Crippen LogP) is 7.58. The Morgan fingerprint density at radius 2 is 1.77 bits per heavy atom. The molecule has 0 fully saturated rings. The van der Waals surface area contributed by atoms with Crippen LogP contribution >= 0.6 is 23.2 Å². The van der Waals surface area contributed by atoms with Gasteiger partial charge in [0.2, 0.25) is 5.88 Å². The van der Waals surface area contributed by atoms with E-state index in [1.165, 1.54) is 7.11 Å². The average molecular weight is 629 g/mol. The van der Waals surface area contributed by atoms with Crippen LogP contribution in [-0.4, -0.2) is 19.7 Å². The zero-order chi connectivity index (χ0) is 31.2. The van der Waals surface area contributed by atoms with E-state index in [-0.39, 0.29) is 23.8 Å². The third kappa shape index (κ3) is 6.60. The van der Waals surface area contributed by atoms with Crippen molar-refractivity contribution < 1.29 is 28.5 Å². The lowest BCUT2D eigenvalue weighted by Gasteiger charge is -2.27. The number of allylic oxidation sites excluding steroid dienone is 1. The maximum absolute atomic E-state index is 12.8. The first-order chi connectivity index (χ1) is 21.3. The van der Waals surface area contributed by atoms with Crippen molar-refractivity contribution in [3.05, 3.63) is 135 Å². The Balaban J connectivity index is 1.38. The van der Waals surface area contributed by atoms with Crippen LogP contribution in [0.4, 0.5) is 0 Å². The van der Waals surface area contributed by atoms with Crippen molar-refractivity contribution in [3.63, 3.8) is 0 Å². The number of nitriles is 1. The maximum atomic E-state index is 12.8. The van der Waals surface area contributed by atoms with Crippen LogP contribution in [0.1, 0.15) is 33.0 Å². The third-order valence-electron chi connectivity index (χ3n) is 6.78. The Hall–Kier alpha value is -5.10. The number of methoxy groups -OCH3 is 1. The molecule has 0 saturated heterocycles. The Bertz CT molecular complexity index is 1800. The summed E-state index contributed by atoms with van der Waals surface area (Å²) in [5.41, 5.74) is 8.89. The van der Waals surface area contributed by atoms with Crippen LogP contribution in [0.25, 0.3) is 0 Å². The zero-order valence-corrected chi connectivity index (χ0v) is 25.0. The molecular formula is C34H26Cl2N2O6. The van der Waals surface area contributed by atoms with Gasteiger partial charge in [0, 0.05) is 27.2 Å². The number of rotatable bonds is 10. The Kier molecular flexibility index (Phi) is 9.29. The van der Waals surface area contributed by atoms with Gasteiger partial charge in [0.05, 0.1) is 18.6 Å². The highest BCUT2D eigenvalue weighted by atomic mass is 35.5. The summed E-state index contributed by atoms with van der Waals surface area (Å²) in [7, 11) is 1.52. The first-order valence-corrected chi connectivity index (χ1v) is 14.1. The Morgan fingerprint density at radius 1 is 1.00 bits per heavy atom.